The summed E-state index contributed by atoms with van der Waals surface area (Å²) in [4.78, 5) is 24.9. The highest BCUT2D eigenvalue weighted by atomic mass is 16.5. The molecule has 1 aliphatic rings. The number of carboxylic acid groups (broad SMARTS) is 1. The van der Waals surface area contributed by atoms with Crippen LogP contribution in [0.1, 0.15) is 50.4 Å². The molecule has 0 amide bonds. The minimum absolute atomic E-state index is 0.116. The fourth-order valence-electron chi connectivity index (χ4n) is 4.19. The minimum Gasteiger partial charge on any atom is -0.489 e. The molecule has 2 atom stereocenters. The van der Waals surface area contributed by atoms with Gasteiger partial charge in [-0.1, -0.05) is 12.1 Å². The summed E-state index contributed by atoms with van der Waals surface area (Å²) in [5.41, 5.74) is 2.92. The highest BCUT2D eigenvalue weighted by Crippen LogP contribution is 2.30. The molecule has 186 valence electrons. The summed E-state index contributed by atoms with van der Waals surface area (Å²) in [6.07, 6.45) is 5.54. The van der Waals surface area contributed by atoms with Crippen molar-refractivity contribution in [1.29, 1.82) is 0 Å². The van der Waals surface area contributed by atoms with Gasteiger partial charge in [-0.3, -0.25) is 4.79 Å². The van der Waals surface area contributed by atoms with E-state index in [1.165, 1.54) is 0 Å². The predicted molar refractivity (Wildman–Crippen MR) is 131 cm³/mol. The predicted octanol–water partition coefficient (Wildman–Crippen LogP) is 3.43. The lowest BCUT2D eigenvalue weighted by Crippen LogP contribution is -2.29. The first kappa shape index (κ1) is 24.4. The molecule has 0 aromatic carbocycles. The largest absolute Gasteiger partial charge is 0.489 e. The molecule has 1 aliphatic carbocycles. The second-order valence-corrected chi connectivity index (χ2v) is 8.78. The third-order valence-electron chi connectivity index (χ3n) is 6.12. The van der Waals surface area contributed by atoms with E-state index in [4.69, 9.17) is 9.72 Å². The Bertz CT molecular complexity index is 1170. The molecule has 3 aromatic heterocycles. The van der Waals surface area contributed by atoms with E-state index in [0.717, 1.165) is 43.0 Å². The maximum Gasteiger partial charge on any atom is 0.306 e. The number of aliphatic carboxylic acids is 1. The van der Waals surface area contributed by atoms with Crippen molar-refractivity contribution in [2.75, 3.05) is 17.2 Å². The van der Waals surface area contributed by atoms with E-state index in [-0.39, 0.29) is 12.0 Å². The van der Waals surface area contributed by atoms with Gasteiger partial charge in [-0.15, -0.1) is 5.10 Å². The Morgan fingerprint density at radius 2 is 2.09 bits per heavy atom. The molecule has 0 aliphatic heterocycles. The summed E-state index contributed by atoms with van der Waals surface area (Å²) in [5.74, 6) is 0.856. The molecule has 0 spiro atoms. The van der Waals surface area contributed by atoms with Gasteiger partial charge in [-0.05, 0) is 57.2 Å². The van der Waals surface area contributed by atoms with Gasteiger partial charge in [0, 0.05) is 19.8 Å². The highest BCUT2D eigenvalue weighted by Gasteiger charge is 2.28. The highest BCUT2D eigenvalue weighted by molar-refractivity contribution is 5.70. The van der Waals surface area contributed by atoms with Gasteiger partial charge in [0.05, 0.1) is 35.6 Å². The Labute approximate surface area is 204 Å². The van der Waals surface area contributed by atoms with Crippen LogP contribution in [-0.2, 0) is 18.4 Å². The molecule has 35 heavy (non-hydrogen) atoms. The lowest BCUT2D eigenvalue weighted by Gasteiger charge is -2.27. The molecule has 0 bridgehead atoms. The molecular weight excluding hydrogens is 448 g/mol. The number of pyridine rings is 1. The van der Waals surface area contributed by atoms with Crippen LogP contribution in [0.2, 0.25) is 0 Å². The van der Waals surface area contributed by atoms with Crippen LogP contribution in [0, 0.1) is 12.8 Å². The monoisotopic (exact) mass is 480 g/mol. The smallest absolute Gasteiger partial charge is 0.306 e. The molecule has 1 fully saturated rings. The van der Waals surface area contributed by atoms with E-state index < -0.39 is 5.97 Å². The Morgan fingerprint density at radius 1 is 1.23 bits per heavy atom. The van der Waals surface area contributed by atoms with Gasteiger partial charge in [0.15, 0.2) is 0 Å². The zero-order valence-corrected chi connectivity index (χ0v) is 20.4. The molecule has 0 saturated heterocycles. The molecule has 3 heterocycles. The van der Waals surface area contributed by atoms with E-state index in [1.54, 1.807) is 10.9 Å². The number of rotatable bonds is 10. The van der Waals surface area contributed by atoms with E-state index in [2.05, 4.69) is 37.8 Å². The zero-order chi connectivity index (χ0) is 24.8. The van der Waals surface area contributed by atoms with E-state index in [0.29, 0.717) is 42.5 Å². The third-order valence-corrected chi connectivity index (χ3v) is 6.12. The minimum atomic E-state index is -0.748. The van der Waals surface area contributed by atoms with E-state index >= 15 is 0 Å². The number of ether oxygens (including phenoxy) is 1. The van der Waals surface area contributed by atoms with Crippen molar-refractivity contribution in [1.82, 2.24) is 29.9 Å². The van der Waals surface area contributed by atoms with Crippen LogP contribution in [0.15, 0.2) is 24.4 Å². The van der Waals surface area contributed by atoms with Crippen LogP contribution >= 0.6 is 0 Å². The number of nitrogens with one attached hydrogen (secondary N) is 2. The Morgan fingerprint density at radius 3 is 2.86 bits per heavy atom. The topological polar surface area (TPSA) is 140 Å². The fraction of sp³-hybridized carbons (Fsp3) is 0.500. The van der Waals surface area contributed by atoms with Crippen LogP contribution in [-0.4, -0.2) is 53.7 Å². The lowest BCUT2D eigenvalue weighted by molar-refractivity contribution is -0.143. The number of anilines is 2. The number of carbonyl (C=O) groups is 1. The molecule has 0 radical (unpaired) electrons. The molecule has 11 heteroatoms. The summed E-state index contributed by atoms with van der Waals surface area (Å²) < 4.78 is 7.84. The average Bonchev–Trinajstić information content (AvgIpc) is 3.23. The summed E-state index contributed by atoms with van der Waals surface area (Å²) >= 11 is 0. The van der Waals surface area contributed by atoms with Crippen LogP contribution < -0.4 is 15.4 Å². The Kier molecular flexibility index (Phi) is 7.74. The standard InChI is InChI=1S/C24H32N8O3/c1-4-11-25-21-10-12-26-24(29-21)27-14-19-22(30-31-32(19)3)18-8-9-20(15(2)28-18)35-17-7-5-6-16(13-17)23(33)34/h8-10,12,16-17H,4-7,11,13-14H2,1-3H3,(H,33,34)(H2,25,26,27,29)/t16-,17-/m0/s1. The molecule has 0 unspecified atom stereocenters. The summed E-state index contributed by atoms with van der Waals surface area (Å²) in [7, 11) is 1.83. The second kappa shape index (κ2) is 11.1. The second-order valence-electron chi connectivity index (χ2n) is 8.78. The van der Waals surface area contributed by atoms with Crippen molar-refractivity contribution in [2.24, 2.45) is 13.0 Å². The number of carboxylic acids is 1. The first-order valence-corrected chi connectivity index (χ1v) is 12.0. The first-order chi connectivity index (χ1) is 16.9. The lowest BCUT2D eigenvalue weighted by atomic mass is 9.87. The van der Waals surface area contributed by atoms with Gasteiger partial charge in [-0.25, -0.2) is 14.6 Å². The average molecular weight is 481 g/mol. The van der Waals surface area contributed by atoms with Gasteiger partial charge in [-0.2, -0.15) is 4.98 Å². The molecule has 3 aromatic rings. The van der Waals surface area contributed by atoms with Crippen LogP contribution in [0.4, 0.5) is 11.8 Å². The number of aromatic nitrogens is 6. The number of hydrogen-bond donors (Lipinski definition) is 3. The SMILES string of the molecule is CCCNc1ccnc(NCc2c(-c3ccc(O[C@H]4CCC[C@H](C(=O)O)C4)c(C)n3)nnn2C)n1. The van der Waals surface area contributed by atoms with Crippen molar-refractivity contribution in [3.8, 4) is 17.1 Å². The van der Waals surface area contributed by atoms with Gasteiger partial charge in [0.2, 0.25) is 5.95 Å². The van der Waals surface area contributed by atoms with Gasteiger partial charge in [0.25, 0.3) is 0 Å². The molecule has 11 nitrogen and oxygen atoms in total. The Balaban J connectivity index is 1.45. The zero-order valence-electron chi connectivity index (χ0n) is 20.4. The normalized spacial score (nSPS) is 17.7. The maximum atomic E-state index is 11.4. The van der Waals surface area contributed by atoms with Crippen molar-refractivity contribution in [3.05, 3.63) is 35.8 Å². The third kappa shape index (κ3) is 6.03. The van der Waals surface area contributed by atoms with Crippen molar-refractivity contribution in [2.45, 2.75) is 58.6 Å². The van der Waals surface area contributed by atoms with Gasteiger partial charge in [0.1, 0.15) is 17.3 Å². The Hall–Kier alpha value is -3.76. The van der Waals surface area contributed by atoms with E-state index in [9.17, 15) is 9.90 Å². The quantitative estimate of drug-likeness (QED) is 0.395. The summed E-state index contributed by atoms with van der Waals surface area (Å²) in [6, 6.07) is 5.57. The first-order valence-electron chi connectivity index (χ1n) is 12.0. The molecule has 3 N–H and O–H groups in total. The van der Waals surface area contributed by atoms with Crippen LogP contribution in [0.5, 0.6) is 5.75 Å². The van der Waals surface area contributed by atoms with Crippen LogP contribution in [0.3, 0.4) is 0 Å². The number of hydrogen-bond acceptors (Lipinski definition) is 9. The summed E-state index contributed by atoms with van der Waals surface area (Å²) in [5, 5.41) is 24.3. The fourth-order valence-corrected chi connectivity index (χ4v) is 4.19. The molecular formula is C24H32N8O3. The van der Waals surface area contributed by atoms with Crippen molar-refractivity contribution < 1.29 is 14.6 Å². The van der Waals surface area contributed by atoms with E-state index in [1.807, 2.05) is 32.2 Å². The molecule has 4 rings (SSSR count). The molecule has 1 saturated carbocycles. The number of aryl methyl sites for hydroxylation is 2. The van der Waals surface area contributed by atoms with Gasteiger partial charge < -0.3 is 20.5 Å². The van der Waals surface area contributed by atoms with Crippen molar-refractivity contribution in [3.63, 3.8) is 0 Å². The van der Waals surface area contributed by atoms with Crippen molar-refractivity contribution >= 4 is 17.7 Å². The maximum absolute atomic E-state index is 11.4. The van der Waals surface area contributed by atoms with Gasteiger partial charge >= 0.3 is 5.97 Å². The van der Waals surface area contributed by atoms with Crippen LogP contribution in [0.25, 0.3) is 11.4 Å². The summed E-state index contributed by atoms with van der Waals surface area (Å²) in [6.45, 7) is 5.25. The number of nitrogens with zero attached hydrogens (tertiary/aromatic N) is 6.